The maximum Gasteiger partial charge on any atom is 0.300 e. The molecule has 7 nitrogen and oxygen atoms in total. The molecule has 1 fully saturated rings. The number of benzene rings is 3. The third-order valence-electron chi connectivity index (χ3n) is 5.75. The summed E-state index contributed by atoms with van der Waals surface area (Å²) in [4.78, 5) is 30.7. The summed E-state index contributed by atoms with van der Waals surface area (Å²) in [6.45, 7) is 0. The Balaban J connectivity index is 1.75. The van der Waals surface area contributed by atoms with Gasteiger partial charge in [0, 0.05) is 28.4 Å². The quantitative estimate of drug-likeness (QED) is 0.251. The highest BCUT2D eigenvalue weighted by molar-refractivity contribution is 6.51. The molecule has 0 aliphatic carbocycles. The standard InChI is InChI=1S/C26H17N3O4/c27-13-15-8-10-17(11-9-15)29-23(16-4-3-5-18(30)12-16)22(25(32)26(29)33)24(31)20-14-28-21-7-2-1-6-19(20)21/h1-12,14,23,28,30-31H/b24-22-. The monoisotopic (exact) mass is 435 g/mol. The summed E-state index contributed by atoms with van der Waals surface area (Å²) in [5.74, 6) is -2.00. The van der Waals surface area contributed by atoms with E-state index in [0.717, 1.165) is 5.52 Å². The van der Waals surface area contributed by atoms with Crippen LogP contribution < -0.4 is 4.90 Å². The first-order valence-electron chi connectivity index (χ1n) is 10.2. The molecule has 1 aliphatic heterocycles. The summed E-state index contributed by atoms with van der Waals surface area (Å²) in [6.07, 6.45) is 1.59. The fraction of sp³-hybridized carbons (Fsp3) is 0.0385. The number of aromatic amines is 1. The number of aliphatic hydroxyl groups excluding tert-OH is 1. The Morgan fingerprint density at radius 1 is 1.00 bits per heavy atom. The Morgan fingerprint density at radius 3 is 2.48 bits per heavy atom. The third-order valence-corrected chi connectivity index (χ3v) is 5.75. The SMILES string of the molecule is N#Cc1ccc(N2C(=O)C(=O)/C(=C(\O)c3c[nH]c4ccccc34)C2c2cccc(O)c2)cc1. The number of nitrogens with zero attached hydrogens (tertiary/aromatic N) is 2. The Bertz CT molecular complexity index is 1490. The number of hydrogen-bond donors (Lipinski definition) is 3. The summed E-state index contributed by atoms with van der Waals surface area (Å²) in [5, 5.41) is 31.2. The lowest BCUT2D eigenvalue weighted by Crippen LogP contribution is -2.29. The zero-order valence-electron chi connectivity index (χ0n) is 17.2. The van der Waals surface area contributed by atoms with Crippen molar-refractivity contribution >= 4 is 34.0 Å². The Labute approximate surface area is 188 Å². The van der Waals surface area contributed by atoms with Gasteiger partial charge < -0.3 is 15.2 Å². The number of amides is 1. The molecule has 5 rings (SSSR count). The van der Waals surface area contributed by atoms with Crippen molar-refractivity contribution in [3.8, 4) is 11.8 Å². The largest absolute Gasteiger partial charge is 0.508 e. The van der Waals surface area contributed by atoms with Gasteiger partial charge in [-0.25, -0.2) is 0 Å². The number of aromatic hydroxyl groups is 1. The van der Waals surface area contributed by atoms with Crippen LogP contribution in [0.2, 0.25) is 0 Å². The number of Topliss-reactive ketones (excluding diaryl/α,β-unsaturated/α-hetero) is 1. The number of ketones is 1. The van der Waals surface area contributed by atoms with E-state index in [1.165, 1.54) is 17.0 Å². The molecule has 3 aromatic carbocycles. The number of hydrogen-bond acceptors (Lipinski definition) is 5. The van der Waals surface area contributed by atoms with Crippen molar-refractivity contribution in [1.29, 1.82) is 5.26 Å². The number of carbonyl (C=O) groups is 2. The average molecular weight is 435 g/mol. The average Bonchev–Trinajstić information content (AvgIpc) is 3.38. The lowest BCUT2D eigenvalue weighted by molar-refractivity contribution is -0.132. The van der Waals surface area contributed by atoms with Gasteiger partial charge in [0.2, 0.25) is 0 Å². The number of carbonyl (C=O) groups excluding carboxylic acids is 2. The zero-order valence-corrected chi connectivity index (χ0v) is 17.2. The van der Waals surface area contributed by atoms with E-state index in [9.17, 15) is 19.8 Å². The van der Waals surface area contributed by atoms with Crippen LogP contribution >= 0.6 is 0 Å². The smallest absolute Gasteiger partial charge is 0.300 e. The maximum absolute atomic E-state index is 13.2. The van der Waals surface area contributed by atoms with Gasteiger partial charge >= 0.3 is 0 Å². The second-order valence-electron chi connectivity index (χ2n) is 7.67. The van der Waals surface area contributed by atoms with E-state index >= 15 is 0 Å². The van der Waals surface area contributed by atoms with Gasteiger partial charge in [-0.15, -0.1) is 0 Å². The molecule has 160 valence electrons. The molecule has 0 radical (unpaired) electrons. The predicted molar refractivity (Wildman–Crippen MR) is 122 cm³/mol. The van der Waals surface area contributed by atoms with Gasteiger partial charge in [0.05, 0.1) is 23.2 Å². The summed E-state index contributed by atoms with van der Waals surface area (Å²) >= 11 is 0. The fourth-order valence-corrected chi connectivity index (χ4v) is 4.22. The Kier molecular flexibility index (Phi) is 4.69. The van der Waals surface area contributed by atoms with Crippen molar-refractivity contribution in [3.63, 3.8) is 0 Å². The molecule has 1 unspecified atom stereocenters. The number of aromatic nitrogens is 1. The molecule has 1 atom stereocenters. The van der Waals surface area contributed by atoms with Crippen molar-refractivity contribution in [2.24, 2.45) is 0 Å². The summed E-state index contributed by atoms with van der Waals surface area (Å²) in [5.41, 5.74) is 2.34. The molecule has 1 saturated heterocycles. The minimum absolute atomic E-state index is 0.0370. The van der Waals surface area contributed by atoms with Crippen LogP contribution in [-0.4, -0.2) is 26.9 Å². The van der Waals surface area contributed by atoms with Gasteiger partial charge in [-0.3, -0.25) is 14.5 Å². The first-order valence-corrected chi connectivity index (χ1v) is 10.2. The molecule has 2 heterocycles. The van der Waals surface area contributed by atoms with Gasteiger partial charge in [0.25, 0.3) is 11.7 Å². The highest BCUT2D eigenvalue weighted by Gasteiger charge is 2.47. The molecule has 1 aromatic heterocycles. The fourth-order valence-electron chi connectivity index (χ4n) is 4.22. The third kappa shape index (κ3) is 3.22. The number of para-hydroxylation sites is 1. The van der Waals surface area contributed by atoms with Crippen LogP contribution in [-0.2, 0) is 9.59 Å². The topological polar surface area (TPSA) is 117 Å². The molecule has 4 aromatic rings. The molecule has 33 heavy (non-hydrogen) atoms. The van der Waals surface area contributed by atoms with Gasteiger partial charge in [0.15, 0.2) is 0 Å². The predicted octanol–water partition coefficient (Wildman–Crippen LogP) is 4.37. The highest BCUT2D eigenvalue weighted by Crippen LogP contribution is 2.43. The maximum atomic E-state index is 13.2. The number of nitriles is 1. The van der Waals surface area contributed by atoms with E-state index in [1.807, 2.05) is 24.3 Å². The molecule has 7 heteroatoms. The van der Waals surface area contributed by atoms with E-state index in [4.69, 9.17) is 5.26 Å². The van der Waals surface area contributed by atoms with Crippen LogP contribution in [0.5, 0.6) is 5.75 Å². The highest BCUT2D eigenvalue weighted by atomic mass is 16.3. The Hall–Kier alpha value is -4.83. The Morgan fingerprint density at radius 2 is 1.76 bits per heavy atom. The number of rotatable bonds is 3. The number of nitrogens with one attached hydrogen (secondary N) is 1. The van der Waals surface area contributed by atoms with Crippen molar-refractivity contribution in [2.45, 2.75) is 6.04 Å². The van der Waals surface area contributed by atoms with Gasteiger partial charge in [-0.05, 0) is 48.0 Å². The van der Waals surface area contributed by atoms with Crippen molar-refractivity contribution < 1.29 is 19.8 Å². The van der Waals surface area contributed by atoms with Crippen LogP contribution in [0.4, 0.5) is 5.69 Å². The number of fused-ring (bicyclic) bond motifs is 1. The van der Waals surface area contributed by atoms with Crippen LogP contribution in [0, 0.1) is 11.3 Å². The van der Waals surface area contributed by atoms with Crippen molar-refractivity contribution in [1.82, 2.24) is 4.98 Å². The summed E-state index contributed by atoms with van der Waals surface area (Å²) in [7, 11) is 0. The molecule has 0 bridgehead atoms. The van der Waals surface area contributed by atoms with Crippen LogP contribution in [0.25, 0.3) is 16.7 Å². The second kappa shape index (κ2) is 7.70. The van der Waals surface area contributed by atoms with Crippen molar-refractivity contribution in [2.75, 3.05) is 4.90 Å². The molecule has 1 amide bonds. The normalized spacial score (nSPS) is 17.4. The molecular weight excluding hydrogens is 418 g/mol. The lowest BCUT2D eigenvalue weighted by atomic mass is 9.95. The van der Waals surface area contributed by atoms with Gasteiger partial charge in [0.1, 0.15) is 11.5 Å². The number of H-pyrrole nitrogens is 1. The molecular formula is C26H17N3O4. The number of aliphatic hydroxyl groups is 1. The first kappa shape index (κ1) is 20.1. The lowest BCUT2D eigenvalue weighted by Gasteiger charge is -2.25. The van der Waals surface area contributed by atoms with E-state index in [0.29, 0.717) is 27.8 Å². The molecule has 3 N–H and O–H groups in total. The second-order valence-corrected chi connectivity index (χ2v) is 7.67. The van der Waals surface area contributed by atoms with E-state index < -0.39 is 17.7 Å². The summed E-state index contributed by atoms with van der Waals surface area (Å²) in [6, 6.07) is 20.8. The minimum Gasteiger partial charge on any atom is -0.508 e. The molecule has 0 spiro atoms. The van der Waals surface area contributed by atoms with Crippen LogP contribution in [0.1, 0.15) is 22.7 Å². The first-order chi connectivity index (χ1) is 16.0. The van der Waals surface area contributed by atoms with Crippen LogP contribution in [0.3, 0.4) is 0 Å². The molecule has 0 saturated carbocycles. The minimum atomic E-state index is -0.973. The number of phenols is 1. The summed E-state index contributed by atoms with van der Waals surface area (Å²) < 4.78 is 0. The van der Waals surface area contributed by atoms with Crippen LogP contribution in [0.15, 0.2) is 84.6 Å². The van der Waals surface area contributed by atoms with E-state index in [2.05, 4.69) is 4.98 Å². The molecule has 1 aliphatic rings. The van der Waals surface area contributed by atoms with E-state index in [-0.39, 0.29) is 17.1 Å². The zero-order chi connectivity index (χ0) is 23.1. The number of phenolic OH excluding ortho intramolecular Hbond substituents is 1. The van der Waals surface area contributed by atoms with Gasteiger partial charge in [-0.1, -0.05) is 30.3 Å². The van der Waals surface area contributed by atoms with Crippen molar-refractivity contribution in [3.05, 3.63) is 101 Å². The number of anilines is 1. The van der Waals surface area contributed by atoms with E-state index in [1.54, 1.807) is 48.7 Å². The van der Waals surface area contributed by atoms with Gasteiger partial charge in [-0.2, -0.15) is 5.26 Å².